The molecular weight excluding hydrogens is 590 g/mol. The molecule has 1 aliphatic heterocycles. The first kappa shape index (κ1) is 44.3. The largest absolute Gasteiger partial charge is 0.463 e. The van der Waals surface area contributed by atoms with Crippen molar-refractivity contribution in [3.8, 4) is 0 Å². The molecule has 0 bridgehead atoms. The first-order valence-corrected chi connectivity index (χ1v) is 20.3. The second kappa shape index (κ2) is 32.5. The number of carbonyl (C=O) groups excluding carboxylic acids is 1. The Morgan fingerprint density at radius 3 is 1.34 bits per heavy atom. The summed E-state index contributed by atoms with van der Waals surface area (Å²) in [6, 6.07) is 0. The molecule has 0 aromatic rings. The van der Waals surface area contributed by atoms with E-state index in [1.165, 1.54) is 135 Å². The normalized spacial score (nSPS) is 19.6. The Labute approximate surface area is 291 Å². The van der Waals surface area contributed by atoms with Gasteiger partial charge in [0.05, 0.1) is 6.42 Å². The van der Waals surface area contributed by atoms with Gasteiger partial charge in [0.1, 0.15) is 24.9 Å². The number of nitrogens with zero attached hydrogens (tertiary/aromatic N) is 1. The number of rotatable bonds is 35. The molecule has 1 heterocycles. The van der Waals surface area contributed by atoms with Gasteiger partial charge in [-0.05, 0) is 33.4 Å². The molecule has 7 heteroatoms. The van der Waals surface area contributed by atoms with E-state index in [0.29, 0.717) is 32.8 Å². The fourth-order valence-electron chi connectivity index (χ4n) is 6.25. The first-order valence-electron chi connectivity index (χ1n) is 20.3. The van der Waals surface area contributed by atoms with Gasteiger partial charge in [-0.3, -0.25) is 4.79 Å². The minimum Gasteiger partial charge on any atom is -0.463 e. The summed E-state index contributed by atoms with van der Waals surface area (Å²) in [7, 11) is 3.93. The minimum absolute atomic E-state index is 0.170. The predicted molar refractivity (Wildman–Crippen MR) is 196 cm³/mol. The van der Waals surface area contributed by atoms with E-state index in [1.54, 1.807) is 0 Å². The predicted octanol–water partition coefficient (Wildman–Crippen LogP) is 10.4. The van der Waals surface area contributed by atoms with Gasteiger partial charge >= 0.3 is 5.97 Å². The molecule has 0 aromatic heterocycles. The van der Waals surface area contributed by atoms with E-state index in [9.17, 15) is 4.79 Å². The molecule has 1 unspecified atom stereocenters. The molecule has 280 valence electrons. The molecule has 0 aliphatic carbocycles. The van der Waals surface area contributed by atoms with Gasteiger partial charge in [0, 0.05) is 26.4 Å². The van der Waals surface area contributed by atoms with E-state index in [2.05, 4.69) is 20.8 Å². The van der Waals surface area contributed by atoms with E-state index in [1.807, 2.05) is 19.0 Å². The summed E-state index contributed by atoms with van der Waals surface area (Å²) in [6.45, 7) is 9.62. The van der Waals surface area contributed by atoms with E-state index in [0.717, 1.165) is 19.3 Å². The molecular formula is C40H79NO6. The third kappa shape index (κ3) is 25.0. The molecule has 0 saturated carbocycles. The van der Waals surface area contributed by atoms with Crippen LogP contribution in [-0.2, 0) is 28.5 Å². The second-order valence-corrected chi connectivity index (χ2v) is 14.2. The maximum absolute atomic E-state index is 12.5. The SMILES string of the molecule is CCCCCCCCCCOC1[C@@H](COC(=O)CCN(C)C)O[C@@H](OCCCCCCCCCC)[C@H]1OCCCCCCCCCC. The van der Waals surface area contributed by atoms with E-state index in [-0.39, 0.29) is 30.9 Å². The zero-order chi connectivity index (χ0) is 34.2. The molecule has 4 atom stereocenters. The average molecular weight is 670 g/mol. The van der Waals surface area contributed by atoms with Crippen LogP contribution in [0.1, 0.15) is 181 Å². The van der Waals surface area contributed by atoms with Crippen LogP contribution >= 0.6 is 0 Å². The van der Waals surface area contributed by atoms with Crippen LogP contribution in [0.2, 0.25) is 0 Å². The lowest BCUT2D eigenvalue weighted by Gasteiger charge is -2.25. The lowest BCUT2D eigenvalue weighted by atomic mass is 10.1. The topological polar surface area (TPSA) is 66.5 Å². The molecule has 7 nitrogen and oxygen atoms in total. The highest BCUT2D eigenvalue weighted by molar-refractivity contribution is 5.69. The van der Waals surface area contributed by atoms with Crippen molar-refractivity contribution >= 4 is 5.97 Å². The van der Waals surface area contributed by atoms with Gasteiger partial charge in [-0.2, -0.15) is 0 Å². The smallest absolute Gasteiger partial charge is 0.307 e. The Kier molecular flexibility index (Phi) is 30.6. The molecule has 1 aliphatic rings. The standard InChI is InChI=1S/C40H79NO6/c1-6-9-12-15-18-21-24-27-32-43-38-36(35-46-37(42)30-31-41(4)5)47-40(45-34-29-26-23-20-17-14-11-8-3)39(38)44-33-28-25-22-19-16-13-10-7-2/h36,38-40H,6-35H2,1-5H3/t36-,38?,39+,40-/m1/s1. The highest BCUT2D eigenvalue weighted by Crippen LogP contribution is 2.29. The third-order valence-electron chi connectivity index (χ3n) is 9.34. The van der Waals surface area contributed by atoms with Crippen molar-refractivity contribution in [3.63, 3.8) is 0 Å². The van der Waals surface area contributed by atoms with E-state index in [4.69, 9.17) is 23.7 Å². The first-order chi connectivity index (χ1) is 23.0. The van der Waals surface area contributed by atoms with Crippen LogP contribution in [0.25, 0.3) is 0 Å². The summed E-state index contributed by atoms with van der Waals surface area (Å²) in [4.78, 5) is 14.5. The van der Waals surface area contributed by atoms with Crippen molar-refractivity contribution in [2.45, 2.75) is 206 Å². The van der Waals surface area contributed by atoms with Gasteiger partial charge in [0.25, 0.3) is 0 Å². The molecule has 47 heavy (non-hydrogen) atoms. The van der Waals surface area contributed by atoms with Crippen LogP contribution in [0.3, 0.4) is 0 Å². The summed E-state index contributed by atoms with van der Waals surface area (Å²) in [6.07, 6.45) is 29.1. The van der Waals surface area contributed by atoms with Gasteiger partial charge in [0.15, 0.2) is 6.29 Å². The number of unbranched alkanes of at least 4 members (excludes halogenated alkanes) is 21. The Bertz CT molecular complexity index is 677. The van der Waals surface area contributed by atoms with Crippen molar-refractivity contribution < 1.29 is 28.5 Å². The fraction of sp³-hybridized carbons (Fsp3) is 0.975. The lowest BCUT2D eigenvalue weighted by molar-refractivity contribution is -0.184. The lowest BCUT2D eigenvalue weighted by Crippen LogP contribution is -2.40. The molecule has 0 aromatic carbocycles. The average Bonchev–Trinajstić information content (AvgIpc) is 3.39. The number of hydrogen-bond acceptors (Lipinski definition) is 7. The van der Waals surface area contributed by atoms with Crippen LogP contribution < -0.4 is 0 Å². The van der Waals surface area contributed by atoms with E-state index >= 15 is 0 Å². The van der Waals surface area contributed by atoms with Crippen LogP contribution in [0.15, 0.2) is 0 Å². The van der Waals surface area contributed by atoms with Crippen molar-refractivity contribution in [2.75, 3.05) is 47.1 Å². The van der Waals surface area contributed by atoms with Crippen LogP contribution in [0.4, 0.5) is 0 Å². The number of carbonyl (C=O) groups is 1. The van der Waals surface area contributed by atoms with Gasteiger partial charge in [-0.1, -0.05) is 156 Å². The minimum atomic E-state index is -0.498. The van der Waals surface area contributed by atoms with E-state index < -0.39 is 6.29 Å². The van der Waals surface area contributed by atoms with Crippen LogP contribution in [-0.4, -0.2) is 82.5 Å². The summed E-state index contributed by atoms with van der Waals surface area (Å²) in [5.41, 5.74) is 0. The zero-order valence-corrected chi connectivity index (χ0v) is 31.9. The molecule has 0 spiro atoms. The summed E-state index contributed by atoms with van der Waals surface area (Å²) < 4.78 is 31.6. The highest BCUT2D eigenvalue weighted by atomic mass is 16.7. The molecule has 1 fully saturated rings. The maximum Gasteiger partial charge on any atom is 0.307 e. The van der Waals surface area contributed by atoms with Gasteiger partial charge in [0.2, 0.25) is 0 Å². The van der Waals surface area contributed by atoms with Crippen molar-refractivity contribution in [2.24, 2.45) is 0 Å². The molecule has 0 amide bonds. The monoisotopic (exact) mass is 670 g/mol. The highest BCUT2D eigenvalue weighted by Gasteiger charge is 2.47. The second-order valence-electron chi connectivity index (χ2n) is 14.2. The Hall–Kier alpha value is -0.730. The Balaban J connectivity index is 2.71. The number of hydrogen-bond donors (Lipinski definition) is 0. The van der Waals surface area contributed by atoms with Gasteiger partial charge < -0.3 is 28.6 Å². The van der Waals surface area contributed by atoms with Crippen LogP contribution in [0, 0.1) is 0 Å². The molecule has 1 rings (SSSR count). The van der Waals surface area contributed by atoms with Gasteiger partial charge in [-0.25, -0.2) is 0 Å². The Morgan fingerprint density at radius 1 is 0.532 bits per heavy atom. The summed E-state index contributed by atoms with van der Waals surface area (Å²) in [5, 5.41) is 0. The van der Waals surface area contributed by atoms with Crippen molar-refractivity contribution in [1.29, 1.82) is 0 Å². The fourth-order valence-corrected chi connectivity index (χ4v) is 6.25. The quantitative estimate of drug-likeness (QED) is 0.0491. The molecule has 0 N–H and O–H groups in total. The maximum atomic E-state index is 12.5. The summed E-state index contributed by atoms with van der Waals surface area (Å²) in [5.74, 6) is -0.205. The van der Waals surface area contributed by atoms with Crippen molar-refractivity contribution in [3.05, 3.63) is 0 Å². The van der Waals surface area contributed by atoms with Gasteiger partial charge in [-0.15, -0.1) is 0 Å². The third-order valence-corrected chi connectivity index (χ3v) is 9.34. The number of esters is 1. The zero-order valence-electron chi connectivity index (χ0n) is 31.9. The van der Waals surface area contributed by atoms with Crippen molar-refractivity contribution in [1.82, 2.24) is 4.90 Å². The molecule has 1 saturated heterocycles. The van der Waals surface area contributed by atoms with Crippen LogP contribution in [0.5, 0.6) is 0 Å². The molecule has 0 radical (unpaired) electrons. The summed E-state index contributed by atoms with van der Waals surface area (Å²) >= 11 is 0. The Morgan fingerprint density at radius 2 is 0.915 bits per heavy atom. The number of ether oxygens (including phenoxy) is 5.